The summed E-state index contributed by atoms with van der Waals surface area (Å²) >= 11 is 0. The summed E-state index contributed by atoms with van der Waals surface area (Å²) in [5.41, 5.74) is 0. The van der Waals surface area contributed by atoms with Crippen LogP contribution in [-0.4, -0.2) is 19.0 Å². The summed E-state index contributed by atoms with van der Waals surface area (Å²) in [6.45, 7) is 5.20. The fourth-order valence-corrected chi connectivity index (χ4v) is 1.93. The van der Waals surface area contributed by atoms with E-state index in [4.69, 9.17) is 9.47 Å². The van der Waals surface area contributed by atoms with Crippen LogP contribution in [0.15, 0.2) is 24.8 Å². The average Bonchev–Trinajstić information content (AvgIpc) is 2.66. The van der Waals surface area contributed by atoms with Gasteiger partial charge in [0.2, 0.25) is 0 Å². The molecule has 1 aliphatic carbocycles. The molecule has 12 heavy (non-hydrogen) atoms. The van der Waals surface area contributed by atoms with Gasteiger partial charge in [-0.3, -0.25) is 0 Å². The Labute approximate surface area is 72.9 Å². The van der Waals surface area contributed by atoms with Crippen LogP contribution < -0.4 is 0 Å². The Morgan fingerprint density at radius 1 is 1.50 bits per heavy atom. The van der Waals surface area contributed by atoms with Gasteiger partial charge >= 0.3 is 0 Å². The van der Waals surface area contributed by atoms with E-state index in [1.807, 2.05) is 6.08 Å². The fraction of sp³-hybridized carbons (Fsp3) is 0.600. The molecular formula is C10H14O2. The van der Waals surface area contributed by atoms with E-state index in [1.165, 1.54) is 0 Å². The molecule has 0 aromatic carbocycles. The van der Waals surface area contributed by atoms with Gasteiger partial charge in [0, 0.05) is 12.3 Å². The molecule has 0 N–H and O–H groups in total. The standard InChI is InChI=1S/C10H14O2/c1-2-4-9-5-3-6-10(9)11-7-8-12-10/h2-3,5,9H,1,4,6-8H2/t9-/m0/s1. The largest absolute Gasteiger partial charge is 0.347 e. The first kappa shape index (κ1) is 8.02. The van der Waals surface area contributed by atoms with Crippen molar-refractivity contribution in [3.63, 3.8) is 0 Å². The summed E-state index contributed by atoms with van der Waals surface area (Å²) in [4.78, 5) is 0. The first-order valence-electron chi connectivity index (χ1n) is 4.43. The zero-order valence-corrected chi connectivity index (χ0v) is 7.16. The SMILES string of the molecule is C=CC[C@H]1C=CCC12OCCO2. The van der Waals surface area contributed by atoms with Crippen LogP contribution in [-0.2, 0) is 9.47 Å². The second-order valence-electron chi connectivity index (χ2n) is 3.27. The summed E-state index contributed by atoms with van der Waals surface area (Å²) in [5.74, 6) is 0.0475. The summed E-state index contributed by atoms with van der Waals surface area (Å²) in [5, 5.41) is 0. The van der Waals surface area contributed by atoms with Gasteiger partial charge in [0.05, 0.1) is 13.2 Å². The third kappa shape index (κ3) is 1.11. The van der Waals surface area contributed by atoms with Crippen molar-refractivity contribution in [3.8, 4) is 0 Å². The highest BCUT2D eigenvalue weighted by Crippen LogP contribution is 2.39. The zero-order valence-electron chi connectivity index (χ0n) is 7.16. The summed E-state index contributed by atoms with van der Waals surface area (Å²) in [6, 6.07) is 0. The van der Waals surface area contributed by atoms with Gasteiger partial charge in [0.1, 0.15) is 0 Å². The van der Waals surface area contributed by atoms with E-state index < -0.39 is 0 Å². The van der Waals surface area contributed by atoms with E-state index in [0.29, 0.717) is 5.92 Å². The first-order valence-corrected chi connectivity index (χ1v) is 4.43. The second kappa shape index (κ2) is 3.04. The molecule has 2 heteroatoms. The van der Waals surface area contributed by atoms with Crippen molar-refractivity contribution in [2.75, 3.05) is 13.2 Å². The molecule has 1 fully saturated rings. The maximum absolute atomic E-state index is 5.63. The lowest BCUT2D eigenvalue weighted by Crippen LogP contribution is -2.34. The predicted molar refractivity (Wildman–Crippen MR) is 46.7 cm³/mol. The minimum atomic E-state index is -0.325. The third-order valence-electron chi connectivity index (χ3n) is 2.53. The van der Waals surface area contributed by atoms with E-state index in [1.54, 1.807) is 0 Å². The molecule has 0 amide bonds. The molecule has 1 spiro atoms. The average molecular weight is 166 g/mol. The summed E-state index contributed by atoms with van der Waals surface area (Å²) in [6.07, 6.45) is 8.07. The molecule has 66 valence electrons. The highest BCUT2D eigenvalue weighted by molar-refractivity contribution is 5.09. The van der Waals surface area contributed by atoms with Gasteiger partial charge in [-0.15, -0.1) is 6.58 Å². The van der Waals surface area contributed by atoms with E-state index in [-0.39, 0.29) is 5.79 Å². The quantitative estimate of drug-likeness (QED) is 0.583. The lowest BCUT2D eigenvalue weighted by Gasteiger charge is -2.28. The van der Waals surface area contributed by atoms with Crippen LogP contribution in [0.25, 0.3) is 0 Å². The molecule has 0 bridgehead atoms. The number of hydrogen-bond acceptors (Lipinski definition) is 2. The van der Waals surface area contributed by atoms with Crippen molar-refractivity contribution in [2.24, 2.45) is 5.92 Å². The first-order chi connectivity index (χ1) is 5.87. The van der Waals surface area contributed by atoms with Crippen molar-refractivity contribution in [3.05, 3.63) is 24.8 Å². The lowest BCUT2D eigenvalue weighted by molar-refractivity contribution is -0.174. The Bertz CT molecular complexity index is 202. The molecule has 2 aliphatic rings. The van der Waals surface area contributed by atoms with Gasteiger partial charge in [-0.1, -0.05) is 18.2 Å². The van der Waals surface area contributed by atoms with Gasteiger partial charge in [-0.2, -0.15) is 0 Å². The van der Waals surface area contributed by atoms with E-state index in [2.05, 4.69) is 18.7 Å². The lowest BCUT2D eigenvalue weighted by atomic mass is 9.99. The Morgan fingerprint density at radius 3 is 2.92 bits per heavy atom. The van der Waals surface area contributed by atoms with Crippen LogP contribution in [0.5, 0.6) is 0 Å². The highest BCUT2D eigenvalue weighted by atomic mass is 16.7. The highest BCUT2D eigenvalue weighted by Gasteiger charge is 2.44. The van der Waals surface area contributed by atoms with Crippen LogP contribution in [0.4, 0.5) is 0 Å². The van der Waals surface area contributed by atoms with Crippen LogP contribution in [0.1, 0.15) is 12.8 Å². The van der Waals surface area contributed by atoms with Crippen LogP contribution >= 0.6 is 0 Å². The van der Waals surface area contributed by atoms with Gasteiger partial charge in [0.25, 0.3) is 0 Å². The van der Waals surface area contributed by atoms with Gasteiger partial charge in [0.15, 0.2) is 5.79 Å². The van der Waals surface area contributed by atoms with Crippen molar-refractivity contribution in [2.45, 2.75) is 18.6 Å². The zero-order chi connectivity index (χ0) is 8.44. The molecule has 0 saturated carbocycles. The summed E-state index contributed by atoms with van der Waals surface area (Å²) < 4.78 is 11.3. The third-order valence-corrected chi connectivity index (χ3v) is 2.53. The minimum Gasteiger partial charge on any atom is -0.347 e. The topological polar surface area (TPSA) is 18.5 Å². The predicted octanol–water partition coefficient (Wildman–Crippen LogP) is 1.88. The number of hydrogen-bond donors (Lipinski definition) is 0. The second-order valence-corrected chi connectivity index (χ2v) is 3.27. The molecule has 1 aliphatic heterocycles. The Balaban J connectivity index is 2.09. The molecule has 0 aromatic heterocycles. The van der Waals surface area contributed by atoms with E-state index in [9.17, 15) is 0 Å². The molecule has 1 heterocycles. The Hall–Kier alpha value is -0.600. The van der Waals surface area contributed by atoms with Crippen molar-refractivity contribution in [1.29, 1.82) is 0 Å². The van der Waals surface area contributed by atoms with Gasteiger partial charge in [-0.05, 0) is 6.42 Å². The van der Waals surface area contributed by atoms with Crippen LogP contribution in [0.2, 0.25) is 0 Å². The maximum atomic E-state index is 5.63. The fourth-order valence-electron chi connectivity index (χ4n) is 1.93. The monoisotopic (exact) mass is 166 g/mol. The molecule has 0 unspecified atom stereocenters. The van der Waals surface area contributed by atoms with Crippen molar-refractivity contribution < 1.29 is 9.47 Å². The molecule has 0 radical (unpaired) electrons. The molecule has 1 atom stereocenters. The van der Waals surface area contributed by atoms with Crippen molar-refractivity contribution >= 4 is 0 Å². The smallest absolute Gasteiger partial charge is 0.178 e. The molecular weight excluding hydrogens is 152 g/mol. The molecule has 2 nitrogen and oxygen atoms in total. The Morgan fingerprint density at radius 2 is 2.25 bits per heavy atom. The van der Waals surface area contributed by atoms with Gasteiger partial charge in [-0.25, -0.2) is 0 Å². The molecule has 1 saturated heterocycles. The Kier molecular flexibility index (Phi) is 2.03. The van der Waals surface area contributed by atoms with Crippen LogP contribution in [0, 0.1) is 5.92 Å². The van der Waals surface area contributed by atoms with Crippen LogP contribution in [0.3, 0.4) is 0 Å². The summed E-state index contributed by atoms with van der Waals surface area (Å²) in [7, 11) is 0. The number of rotatable bonds is 2. The van der Waals surface area contributed by atoms with Gasteiger partial charge < -0.3 is 9.47 Å². The molecule has 2 rings (SSSR count). The van der Waals surface area contributed by atoms with E-state index >= 15 is 0 Å². The van der Waals surface area contributed by atoms with E-state index in [0.717, 1.165) is 26.1 Å². The molecule has 0 aromatic rings. The number of ether oxygens (including phenoxy) is 2. The number of allylic oxidation sites excluding steroid dienone is 1. The minimum absolute atomic E-state index is 0.325. The van der Waals surface area contributed by atoms with Crippen molar-refractivity contribution in [1.82, 2.24) is 0 Å². The maximum Gasteiger partial charge on any atom is 0.178 e. The normalized spacial score (nSPS) is 31.5.